The van der Waals surface area contributed by atoms with E-state index in [1.807, 2.05) is 0 Å². The molecular formula is C18H16N2. The standard InChI is InChI=1S/C18H16N2/c1-13-6-7-18-14(10-13)8-9-20(18)12-15-11-19-17-5-3-2-4-16(15)17/h2-11,19H,12H2,1H3. The van der Waals surface area contributed by atoms with Gasteiger partial charge < -0.3 is 9.55 Å². The van der Waals surface area contributed by atoms with Crippen LogP contribution in [-0.4, -0.2) is 9.55 Å². The number of nitrogens with zero attached hydrogens (tertiary/aromatic N) is 1. The predicted molar refractivity (Wildman–Crippen MR) is 84.1 cm³/mol. The van der Waals surface area contributed by atoms with Gasteiger partial charge in [0.1, 0.15) is 0 Å². The number of hydrogen-bond donors (Lipinski definition) is 1. The van der Waals surface area contributed by atoms with Crippen molar-refractivity contribution in [2.75, 3.05) is 0 Å². The topological polar surface area (TPSA) is 20.7 Å². The number of rotatable bonds is 2. The Labute approximate surface area is 117 Å². The van der Waals surface area contributed by atoms with Crippen LogP contribution >= 0.6 is 0 Å². The van der Waals surface area contributed by atoms with E-state index in [1.165, 1.54) is 32.9 Å². The molecular weight excluding hydrogens is 244 g/mol. The van der Waals surface area contributed by atoms with Gasteiger partial charge in [0.2, 0.25) is 0 Å². The number of hydrogen-bond acceptors (Lipinski definition) is 0. The van der Waals surface area contributed by atoms with Crippen molar-refractivity contribution in [2.24, 2.45) is 0 Å². The third-order valence-electron chi connectivity index (χ3n) is 3.94. The number of fused-ring (bicyclic) bond motifs is 2. The number of aromatic amines is 1. The van der Waals surface area contributed by atoms with Crippen molar-refractivity contribution < 1.29 is 0 Å². The Hall–Kier alpha value is -2.48. The average Bonchev–Trinajstić information content (AvgIpc) is 3.04. The van der Waals surface area contributed by atoms with Gasteiger partial charge in [-0.05, 0) is 42.1 Å². The summed E-state index contributed by atoms with van der Waals surface area (Å²) in [4.78, 5) is 3.34. The van der Waals surface area contributed by atoms with E-state index >= 15 is 0 Å². The number of aryl methyl sites for hydroxylation is 1. The molecule has 2 heterocycles. The zero-order valence-corrected chi connectivity index (χ0v) is 11.4. The number of aromatic nitrogens is 2. The van der Waals surface area contributed by atoms with E-state index in [2.05, 4.69) is 77.4 Å². The Morgan fingerprint density at radius 2 is 1.95 bits per heavy atom. The molecule has 0 fully saturated rings. The summed E-state index contributed by atoms with van der Waals surface area (Å²) in [6.07, 6.45) is 4.29. The molecule has 2 aromatic heterocycles. The van der Waals surface area contributed by atoms with Crippen molar-refractivity contribution in [3.8, 4) is 0 Å². The average molecular weight is 260 g/mol. The zero-order chi connectivity index (χ0) is 13.5. The van der Waals surface area contributed by atoms with Crippen molar-refractivity contribution in [1.82, 2.24) is 9.55 Å². The lowest BCUT2D eigenvalue weighted by atomic mass is 10.1. The van der Waals surface area contributed by atoms with Gasteiger partial charge in [0, 0.05) is 35.4 Å². The normalized spacial score (nSPS) is 11.4. The Balaban J connectivity index is 1.81. The fraction of sp³-hybridized carbons (Fsp3) is 0.111. The molecule has 2 heteroatoms. The molecule has 2 nitrogen and oxygen atoms in total. The molecule has 98 valence electrons. The highest BCUT2D eigenvalue weighted by atomic mass is 15.0. The van der Waals surface area contributed by atoms with E-state index in [9.17, 15) is 0 Å². The van der Waals surface area contributed by atoms with Crippen molar-refractivity contribution in [3.05, 3.63) is 72.1 Å². The third-order valence-corrected chi connectivity index (χ3v) is 3.94. The first-order valence-electron chi connectivity index (χ1n) is 6.92. The lowest BCUT2D eigenvalue weighted by molar-refractivity contribution is 0.842. The minimum atomic E-state index is 0.899. The van der Waals surface area contributed by atoms with Crippen LogP contribution in [-0.2, 0) is 6.54 Å². The first kappa shape index (κ1) is 11.4. The van der Waals surface area contributed by atoms with Crippen LogP contribution in [0.1, 0.15) is 11.1 Å². The molecule has 0 aliphatic heterocycles. The van der Waals surface area contributed by atoms with Gasteiger partial charge in [-0.15, -0.1) is 0 Å². The van der Waals surface area contributed by atoms with Crippen molar-refractivity contribution in [2.45, 2.75) is 13.5 Å². The highest BCUT2D eigenvalue weighted by Crippen LogP contribution is 2.22. The van der Waals surface area contributed by atoms with E-state index in [4.69, 9.17) is 0 Å². The van der Waals surface area contributed by atoms with Gasteiger partial charge in [0.15, 0.2) is 0 Å². The molecule has 4 rings (SSSR count). The summed E-state index contributed by atoms with van der Waals surface area (Å²) in [5.74, 6) is 0. The molecule has 0 unspecified atom stereocenters. The molecule has 0 atom stereocenters. The summed E-state index contributed by atoms with van der Waals surface area (Å²) < 4.78 is 2.31. The fourth-order valence-corrected chi connectivity index (χ4v) is 2.90. The van der Waals surface area contributed by atoms with E-state index in [0.29, 0.717) is 0 Å². The SMILES string of the molecule is Cc1ccc2c(ccn2Cc2c[nH]c3ccccc23)c1. The molecule has 0 aliphatic rings. The lowest BCUT2D eigenvalue weighted by Crippen LogP contribution is -1.96. The van der Waals surface area contributed by atoms with Crippen LogP contribution in [0.5, 0.6) is 0 Å². The molecule has 4 aromatic rings. The molecule has 0 saturated heterocycles. The molecule has 0 bridgehead atoms. The molecule has 0 spiro atoms. The number of benzene rings is 2. The van der Waals surface area contributed by atoms with Crippen LogP contribution in [0.3, 0.4) is 0 Å². The van der Waals surface area contributed by atoms with Crippen molar-refractivity contribution in [1.29, 1.82) is 0 Å². The molecule has 20 heavy (non-hydrogen) atoms. The molecule has 0 radical (unpaired) electrons. The van der Waals surface area contributed by atoms with Gasteiger partial charge in [0.25, 0.3) is 0 Å². The van der Waals surface area contributed by atoms with Gasteiger partial charge in [-0.3, -0.25) is 0 Å². The van der Waals surface area contributed by atoms with Crippen LogP contribution < -0.4 is 0 Å². The summed E-state index contributed by atoms with van der Waals surface area (Å²) in [5.41, 5.74) is 5.14. The number of H-pyrrole nitrogens is 1. The minimum absolute atomic E-state index is 0.899. The van der Waals surface area contributed by atoms with Crippen LogP contribution in [0.4, 0.5) is 0 Å². The van der Waals surface area contributed by atoms with Gasteiger partial charge in [0.05, 0.1) is 0 Å². The van der Waals surface area contributed by atoms with Crippen molar-refractivity contribution in [3.63, 3.8) is 0 Å². The summed E-state index contributed by atoms with van der Waals surface area (Å²) in [6, 6.07) is 17.3. The fourth-order valence-electron chi connectivity index (χ4n) is 2.90. The highest BCUT2D eigenvalue weighted by molar-refractivity contribution is 5.84. The maximum Gasteiger partial charge on any atom is 0.0497 e. The molecule has 0 amide bonds. The molecule has 2 aromatic carbocycles. The second-order valence-corrected chi connectivity index (χ2v) is 5.37. The van der Waals surface area contributed by atoms with E-state index < -0.39 is 0 Å². The molecule has 1 N–H and O–H groups in total. The quantitative estimate of drug-likeness (QED) is 0.548. The van der Waals surface area contributed by atoms with E-state index in [0.717, 1.165) is 6.54 Å². The van der Waals surface area contributed by atoms with Gasteiger partial charge in [-0.2, -0.15) is 0 Å². The Morgan fingerprint density at radius 1 is 1.05 bits per heavy atom. The molecule has 0 aliphatic carbocycles. The van der Waals surface area contributed by atoms with Crippen LogP contribution in [0, 0.1) is 6.92 Å². The van der Waals surface area contributed by atoms with Crippen LogP contribution in [0.25, 0.3) is 21.8 Å². The summed E-state index contributed by atoms with van der Waals surface area (Å²) in [5, 5.41) is 2.62. The minimum Gasteiger partial charge on any atom is -0.361 e. The Kier molecular flexibility index (Phi) is 2.43. The van der Waals surface area contributed by atoms with Crippen LogP contribution in [0.15, 0.2) is 60.9 Å². The Bertz CT molecular complexity index is 896. The second-order valence-electron chi connectivity index (χ2n) is 5.37. The Morgan fingerprint density at radius 3 is 2.90 bits per heavy atom. The van der Waals surface area contributed by atoms with Gasteiger partial charge in [-0.25, -0.2) is 0 Å². The monoisotopic (exact) mass is 260 g/mol. The maximum atomic E-state index is 3.34. The third kappa shape index (κ3) is 1.73. The second kappa shape index (κ2) is 4.27. The van der Waals surface area contributed by atoms with Crippen LogP contribution in [0.2, 0.25) is 0 Å². The predicted octanol–water partition coefficient (Wildman–Crippen LogP) is 4.48. The first-order chi connectivity index (χ1) is 9.81. The summed E-state index contributed by atoms with van der Waals surface area (Å²) in [7, 11) is 0. The zero-order valence-electron chi connectivity index (χ0n) is 11.4. The summed E-state index contributed by atoms with van der Waals surface area (Å²) >= 11 is 0. The number of nitrogens with one attached hydrogen (secondary N) is 1. The lowest BCUT2D eigenvalue weighted by Gasteiger charge is -2.05. The van der Waals surface area contributed by atoms with E-state index in [1.54, 1.807) is 0 Å². The largest absolute Gasteiger partial charge is 0.361 e. The molecule has 0 saturated carbocycles. The van der Waals surface area contributed by atoms with Crippen molar-refractivity contribution >= 4 is 21.8 Å². The number of para-hydroxylation sites is 1. The summed E-state index contributed by atoms with van der Waals surface area (Å²) in [6.45, 7) is 3.03. The maximum absolute atomic E-state index is 3.34. The van der Waals surface area contributed by atoms with E-state index in [-0.39, 0.29) is 0 Å². The highest BCUT2D eigenvalue weighted by Gasteiger charge is 2.06. The van der Waals surface area contributed by atoms with Gasteiger partial charge >= 0.3 is 0 Å². The van der Waals surface area contributed by atoms with Gasteiger partial charge in [-0.1, -0.05) is 29.8 Å². The smallest absolute Gasteiger partial charge is 0.0497 e. The first-order valence-corrected chi connectivity index (χ1v) is 6.92.